The molecule has 1 aliphatic heterocycles. The molecule has 7 rings (SSSR count). The van der Waals surface area contributed by atoms with Gasteiger partial charge in [-0.3, -0.25) is 9.36 Å². The highest BCUT2D eigenvalue weighted by molar-refractivity contribution is 9.10. The largest absolute Gasteiger partial charge is 0.457 e. The number of benzene rings is 3. The number of aryl methyl sites for hydroxylation is 1. The van der Waals surface area contributed by atoms with Crippen molar-refractivity contribution >= 4 is 62.2 Å². The highest BCUT2D eigenvalue weighted by atomic mass is 79.9. The zero-order valence-electron chi connectivity index (χ0n) is 20.3. The van der Waals surface area contributed by atoms with Gasteiger partial charge >= 0.3 is 0 Å². The highest BCUT2D eigenvalue weighted by Crippen LogP contribution is 2.41. The number of nitrogens with zero attached hydrogens (tertiary/aromatic N) is 2. The molecular formula is C31H19BrCl2N2O2S. The van der Waals surface area contributed by atoms with Crippen molar-refractivity contribution in [1.29, 1.82) is 0 Å². The number of fused-ring (bicyclic) bond motifs is 3. The summed E-state index contributed by atoms with van der Waals surface area (Å²) in [7, 11) is 0. The average molecular weight is 634 g/mol. The highest BCUT2D eigenvalue weighted by Gasteiger charge is 2.32. The fourth-order valence-corrected chi connectivity index (χ4v) is 6.99. The maximum absolute atomic E-state index is 13.9. The summed E-state index contributed by atoms with van der Waals surface area (Å²) >= 11 is 17.5. The quantitative estimate of drug-likeness (QED) is 0.205. The zero-order valence-corrected chi connectivity index (χ0v) is 24.2. The van der Waals surface area contributed by atoms with Crippen LogP contribution in [0.3, 0.4) is 0 Å². The Morgan fingerprint density at radius 2 is 1.79 bits per heavy atom. The van der Waals surface area contributed by atoms with Crippen molar-refractivity contribution in [2.45, 2.75) is 18.9 Å². The molecule has 8 heteroatoms. The van der Waals surface area contributed by atoms with Crippen molar-refractivity contribution in [3.05, 3.63) is 141 Å². The summed E-state index contributed by atoms with van der Waals surface area (Å²) < 4.78 is 9.47. The Bertz CT molecular complexity index is 1990. The Morgan fingerprint density at radius 1 is 0.974 bits per heavy atom. The predicted molar refractivity (Wildman–Crippen MR) is 161 cm³/mol. The summed E-state index contributed by atoms with van der Waals surface area (Å²) in [4.78, 5) is 19.7. The van der Waals surface area contributed by atoms with E-state index in [2.05, 4.69) is 52.3 Å². The molecule has 2 aromatic heterocycles. The first-order chi connectivity index (χ1) is 19.0. The average Bonchev–Trinajstić information content (AvgIpc) is 3.53. The van der Waals surface area contributed by atoms with Gasteiger partial charge in [0.05, 0.1) is 21.3 Å². The van der Waals surface area contributed by atoms with Crippen LogP contribution in [0.4, 0.5) is 0 Å². The van der Waals surface area contributed by atoms with Gasteiger partial charge in [-0.05, 0) is 72.0 Å². The van der Waals surface area contributed by atoms with E-state index in [1.807, 2.05) is 28.8 Å². The number of thiazole rings is 1. The van der Waals surface area contributed by atoms with Gasteiger partial charge in [0.15, 0.2) is 4.80 Å². The number of rotatable bonds is 3. The molecular weight excluding hydrogens is 615 g/mol. The molecule has 0 radical (unpaired) electrons. The van der Waals surface area contributed by atoms with E-state index in [4.69, 9.17) is 32.6 Å². The molecule has 3 heterocycles. The van der Waals surface area contributed by atoms with Gasteiger partial charge in [0.2, 0.25) is 0 Å². The van der Waals surface area contributed by atoms with Gasteiger partial charge in [-0.25, -0.2) is 4.99 Å². The summed E-state index contributed by atoms with van der Waals surface area (Å²) in [5, 5.41) is 1.11. The lowest BCUT2D eigenvalue weighted by atomic mass is 9.83. The fourth-order valence-electron chi connectivity index (χ4n) is 5.36. The molecule has 2 aliphatic rings. The SMILES string of the molecule is O=c1/c(=C\c2ccc(-c3cc(Cl)ccc3Cl)o2)sc2n1[C@@H](c1ccc(Br)cc1)C1=C(N=2)c2ccccc2CC1. The molecule has 0 saturated heterocycles. The summed E-state index contributed by atoms with van der Waals surface area (Å²) in [6.07, 6.45) is 3.55. The first-order valence-electron chi connectivity index (χ1n) is 12.4. The van der Waals surface area contributed by atoms with Gasteiger partial charge in [0.1, 0.15) is 11.5 Å². The van der Waals surface area contributed by atoms with Gasteiger partial charge < -0.3 is 4.42 Å². The fraction of sp³-hybridized carbons (Fsp3) is 0.0968. The van der Waals surface area contributed by atoms with Crippen LogP contribution in [0, 0.1) is 0 Å². The molecule has 0 N–H and O–H groups in total. The molecule has 0 saturated carbocycles. The molecule has 0 unspecified atom stereocenters. The van der Waals surface area contributed by atoms with E-state index in [1.54, 1.807) is 24.3 Å². The standard InChI is InChI=1S/C31H19BrCl2N2O2S/c32-19-8-5-18(6-9-19)29-23-12-7-17-3-1-2-4-22(17)28(23)35-31-36(29)30(37)27(39-31)16-21-11-14-26(38-21)24-15-20(33)10-13-25(24)34/h1-6,8-11,13-16,29H,7,12H2/b27-16+/t29-/m0/s1. The molecule has 39 heavy (non-hydrogen) atoms. The molecule has 0 amide bonds. The molecule has 1 atom stereocenters. The lowest BCUT2D eigenvalue weighted by Crippen LogP contribution is -2.38. The van der Waals surface area contributed by atoms with E-state index in [-0.39, 0.29) is 11.6 Å². The van der Waals surface area contributed by atoms with Gasteiger partial charge in [-0.2, -0.15) is 0 Å². The minimum absolute atomic E-state index is 0.0872. The van der Waals surface area contributed by atoms with Gasteiger partial charge in [-0.1, -0.05) is 86.9 Å². The van der Waals surface area contributed by atoms with Crippen LogP contribution in [0.1, 0.15) is 34.9 Å². The number of hydrogen-bond acceptors (Lipinski definition) is 4. The van der Waals surface area contributed by atoms with E-state index in [0.717, 1.165) is 34.1 Å². The van der Waals surface area contributed by atoms with Gasteiger partial charge in [-0.15, -0.1) is 0 Å². The van der Waals surface area contributed by atoms with Crippen molar-refractivity contribution in [3.8, 4) is 11.3 Å². The number of halogens is 3. The van der Waals surface area contributed by atoms with Crippen LogP contribution < -0.4 is 14.9 Å². The number of allylic oxidation sites excluding steroid dienone is 1. The van der Waals surface area contributed by atoms with Crippen LogP contribution in [0.15, 0.2) is 103 Å². The van der Waals surface area contributed by atoms with E-state index in [0.29, 0.717) is 36.5 Å². The summed E-state index contributed by atoms with van der Waals surface area (Å²) in [5.74, 6) is 1.14. The van der Waals surface area contributed by atoms with E-state index in [1.165, 1.54) is 22.5 Å². The zero-order chi connectivity index (χ0) is 26.7. The Balaban J connectivity index is 1.40. The van der Waals surface area contributed by atoms with E-state index >= 15 is 0 Å². The van der Waals surface area contributed by atoms with Crippen LogP contribution in [0.25, 0.3) is 23.1 Å². The second-order valence-electron chi connectivity index (χ2n) is 9.49. The van der Waals surface area contributed by atoms with Crippen molar-refractivity contribution in [2.24, 2.45) is 4.99 Å². The van der Waals surface area contributed by atoms with Crippen LogP contribution in [0.5, 0.6) is 0 Å². The predicted octanol–water partition coefficient (Wildman–Crippen LogP) is 7.65. The molecule has 0 spiro atoms. The lowest BCUT2D eigenvalue weighted by Gasteiger charge is -2.30. The summed E-state index contributed by atoms with van der Waals surface area (Å²) in [6.45, 7) is 0. The Hall–Kier alpha value is -3.16. The second-order valence-corrected chi connectivity index (χ2v) is 12.3. The Kier molecular flexibility index (Phi) is 6.24. The normalized spacial score (nSPS) is 16.5. The molecule has 4 nitrogen and oxygen atoms in total. The smallest absolute Gasteiger partial charge is 0.271 e. The van der Waals surface area contributed by atoms with E-state index in [9.17, 15) is 4.79 Å². The Morgan fingerprint density at radius 3 is 2.64 bits per heavy atom. The molecule has 0 bridgehead atoms. The molecule has 192 valence electrons. The third-order valence-electron chi connectivity index (χ3n) is 7.15. The summed E-state index contributed by atoms with van der Waals surface area (Å²) in [6, 6.07) is 25.3. The minimum Gasteiger partial charge on any atom is -0.457 e. The topological polar surface area (TPSA) is 47.5 Å². The third-order valence-corrected chi connectivity index (χ3v) is 9.23. The molecule has 3 aromatic carbocycles. The lowest BCUT2D eigenvalue weighted by molar-refractivity contribution is 0.570. The van der Waals surface area contributed by atoms with E-state index < -0.39 is 0 Å². The van der Waals surface area contributed by atoms with Crippen LogP contribution in [0.2, 0.25) is 10.0 Å². The first-order valence-corrected chi connectivity index (χ1v) is 14.8. The third kappa shape index (κ3) is 4.36. The number of aromatic nitrogens is 1. The van der Waals surface area contributed by atoms with Crippen molar-refractivity contribution in [1.82, 2.24) is 4.57 Å². The van der Waals surface area contributed by atoms with Gasteiger partial charge in [0, 0.05) is 26.7 Å². The maximum Gasteiger partial charge on any atom is 0.271 e. The molecule has 5 aromatic rings. The minimum atomic E-state index is -0.225. The van der Waals surface area contributed by atoms with Gasteiger partial charge in [0.25, 0.3) is 5.56 Å². The monoisotopic (exact) mass is 632 g/mol. The van der Waals surface area contributed by atoms with Crippen molar-refractivity contribution in [3.63, 3.8) is 0 Å². The number of furan rings is 1. The van der Waals surface area contributed by atoms with Crippen molar-refractivity contribution < 1.29 is 4.42 Å². The first kappa shape index (κ1) is 24.9. The Labute approximate surface area is 246 Å². The van der Waals surface area contributed by atoms with Crippen molar-refractivity contribution in [2.75, 3.05) is 0 Å². The molecule has 1 aliphatic carbocycles. The maximum atomic E-state index is 13.9. The van der Waals surface area contributed by atoms with Crippen LogP contribution in [-0.4, -0.2) is 4.57 Å². The number of hydrogen-bond donors (Lipinski definition) is 0. The van der Waals surface area contributed by atoms with Crippen LogP contribution >= 0.6 is 50.5 Å². The summed E-state index contributed by atoms with van der Waals surface area (Å²) in [5.41, 5.74) is 6.26. The second kappa shape index (κ2) is 9.79. The molecule has 0 fully saturated rings. The van der Waals surface area contributed by atoms with Crippen LogP contribution in [-0.2, 0) is 6.42 Å².